The lowest BCUT2D eigenvalue weighted by atomic mass is 10.1. The van der Waals surface area contributed by atoms with E-state index in [-0.39, 0.29) is 5.69 Å². The monoisotopic (exact) mass is 376 g/mol. The molecule has 0 radical (unpaired) electrons. The van der Waals surface area contributed by atoms with Gasteiger partial charge in [-0.1, -0.05) is 40.5 Å². The van der Waals surface area contributed by atoms with Gasteiger partial charge in [-0.3, -0.25) is 9.47 Å². The molecule has 1 aromatic carbocycles. The van der Waals surface area contributed by atoms with Crippen LogP contribution in [0.4, 0.5) is 5.82 Å². The average molecular weight is 377 g/mol. The lowest BCUT2D eigenvalue weighted by molar-refractivity contribution is 0.220. The molecule has 0 unspecified atom stereocenters. The number of likely N-dealkylation sites (tertiary alicyclic amines) is 1. The zero-order valence-corrected chi connectivity index (χ0v) is 14.6. The maximum atomic E-state index is 12.1. The van der Waals surface area contributed by atoms with Gasteiger partial charge in [-0.15, -0.1) is 0 Å². The average Bonchev–Trinajstić information content (AvgIpc) is 2.55. The normalized spacial score (nSPS) is 15.7. The summed E-state index contributed by atoms with van der Waals surface area (Å²) >= 11 is 3.52. The number of benzene rings is 1. The van der Waals surface area contributed by atoms with Crippen molar-refractivity contribution >= 4 is 21.7 Å². The highest BCUT2D eigenvalue weighted by Crippen LogP contribution is 2.18. The molecule has 1 aromatic heterocycles. The number of halogens is 1. The molecule has 23 heavy (non-hydrogen) atoms. The van der Waals surface area contributed by atoms with Crippen LogP contribution in [0.1, 0.15) is 30.4 Å². The van der Waals surface area contributed by atoms with E-state index in [1.165, 1.54) is 19.3 Å². The van der Waals surface area contributed by atoms with Gasteiger partial charge in [0, 0.05) is 22.8 Å². The largest absolute Gasteiger partial charge is 0.383 e. The van der Waals surface area contributed by atoms with Crippen molar-refractivity contribution in [2.45, 2.75) is 32.4 Å². The molecule has 0 atom stereocenters. The van der Waals surface area contributed by atoms with Crippen molar-refractivity contribution in [2.24, 2.45) is 0 Å². The summed E-state index contributed by atoms with van der Waals surface area (Å²) in [5, 5.41) is 0. The molecule has 1 saturated heterocycles. The summed E-state index contributed by atoms with van der Waals surface area (Å²) in [4.78, 5) is 18.5. The Balaban J connectivity index is 1.84. The molecule has 1 fully saturated rings. The van der Waals surface area contributed by atoms with Crippen molar-refractivity contribution in [3.63, 3.8) is 0 Å². The van der Waals surface area contributed by atoms with Crippen molar-refractivity contribution in [2.75, 3.05) is 18.8 Å². The highest BCUT2D eigenvalue weighted by atomic mass is 79.9. The summed E-state index contributed by atoms with van der Waals surface area (Å²) in [6.45, 7) is 3.42. The lowest BCUT2D eigenvalue weighted by Gasteiger charge is -2.26. The van der Waals surface area contributed by atoms with Gasteiger partial charge in [0.2, 0.25) is 0 Å². The SMILES string of the molecule is Nc1nc(=O)n(Cc2ccccc2Br)cc1CN1CCCCC1. The van der Waals surface area contributed by atoms with Crippen molar-refractivity contribution in [3.05, 3.63) is 56.5 Å². The van der Waals surface area contributed by atoms with Gasteiger partial charge in [-0.05, 0) is 37.6 Å². The predicted octanol–water partition coefficient (Wildman–Crippen LogP) is 2.62. The van der Waals surface area contributed by atoms with E-state index in [4.69, 9.17) is 5.73 Å². The fourth-order valence-electron chi connectivity index (χ4n) is 2.95. The molecule has 0 saturated carbocycles. The topological polar surface area (TPSA) is 64.1 Å². The van der Waals surface area contributed by atoms with E-state index in [0.717, 1.165) is 35.2 Å². The van der Waals surface area contributed by atoms with Crippen LogP contribution in [-0.4, -0.2) is 27.5 Å². The van der Waals surface area contributed by atoms with Crippen LogP contribution in [0.25, 0.3) is 0 Å². The van der Waals surface area contributed by atoms with Gasteiger partial charge in [0.1, 0.15) is 5.82 Å². The number of hydrogen-bond acceptors (Lipinski definition) is 4. The van der Waals surface area contributed by atoms with Crippen molar-refractivity contribution < 1.29 is 0 Å². The van der Waals surface area contributed by atoms with Crippen LogP contribution < -0.4 is 11.4 Å². The molecule has 5 nitrogen and oxygen atoms in total. The third kappa shape index (κ3) is 4.00. The van der Waals surface area contributed by atoms with Gasteiger partial charge in [-0.2, -0.15) is 4.98 Å². The number of rotatable bonds is 4. The molecule has 2 N–H and O–H groups in total. The summed E-state index contributed by atoms with van der Waals surface area (Å²) in [7, 11) is 0. The number of nitrogens with zero attached hydrogens (tertiary/aromatic N) is 3. The van der Waals surface area contributed by atoms with Crippen LogP contribution in [-0.2, 0) is 13.1 Å². The number of piperidine rings is 1. The van der Waals surface area contributed by atoms with Crippen LogP contribution in [0.2, 0.25) is 0 Å². The third-order valence-electron chi connectivity index (χ3n) is 4.24. The summed E-state index contributed by atoms with van der Waals surface area (Å²) in [5.74, 6) is 0.351. The zero-order valence-electron chi connectivity index (χ0n) is 13.0. The Morgan fingerprint density at radius 2 is 1.83 bits per heavy atom. The summed E-state index contributed by atoms with van der Waals surface area (Å²) in [6, 6.07) is 7.89. The van der Waals surface area contributed by atoms with Crippen LogP contribution in [0.15, 0.2) is 39.7 Å². The van der Waals surface area contributed by atoms with E-state index in [2.05, 4.69) is 25.8 Å². The Hall–Kier alpha value is -1.66. The predicted molar refractivity (Wildman–Crippen MR) is 95.3 cm³/mol. The molecule has 2 aromatic rings. The molecule has 122 valence electrons. The number of nitrogen functional groups attached to an aromatic ring is 1. The van der Waals surface area contributed by atoms with E-state index >= 15 is 0 Å². The molecular formula is C17H21BrN4O. The van der Waals surface area contributed by atoms with Crippen molar-refractivity contribution in [1.29, 1.82) is 0 Å². The molecule has 6 heteroatoms. The first kappa shape index (κ1) is 16.2. The second-order valence-electron chi connectivity index (χ2n) is 5.99. The first-order valence-corrected chi connectivity index (χ1v) is 8.74. The first-order valence-electron chi connectivity index (χ1n) is 7.95. The maximum Gasteiger partial charge on any atom is 0.349 e. The Bertz CT molecular complexity index is 738. The number of hydrogen-bond donors (Lipinski definition) is 1. The second-order valence-corrected chi connectivity index (χ2v) is 6.84. The summed E-state index contributed by atoms with van der Waals surface area (Å²) in [6.07, 6.45) is 5.61. The Morgan fingerprint density at radius 1 is 1.09 bits per heavy atom. The lowest BCUT2D eigenvalue weighted by Crippen LogP contribution is -2.31. The minimum atomic E-state index is -0.305. The van der Waals surface area contributed by atoms with E-state index < -0.39 is 0 Å². The van der Waals surface area contributed by atoms with Crippen LogP contribution in [0.5, 0.6) is 0 Å². The van der Waals surface area contributed by atoms with E-state index in [0.29, 0.717) is 12.4 Å². The molecule has 0 aliphatic carbocycles. The third-order valence-corrected chi connectivity index (χ3v) is 5.02. The van der Waals surface area contributed by atoms with Crippen LogP contribution in [0.3, 0.4) is 0 Å². The quantitative estimate of drug-likeness (QED) is 0.890. The van der Waals surface area contributed by atoms with Gasteiger partial charge in [0.05, 0.1) is 6.54 Å². The van der Waals surface area contributed by atoms with Gasteiger partial charge in [-0.25, -0.2) is 4.79 Å². The molecule has 0 spiro atoms. The van der Waals surface area contributed by atoms with Crippen LogP contribution in [0, 0.1) is 0 Å². The molecular weight excluding hydrogens is 356 g/mol. The minimum Gasteiger partial charge on any atom is -0.383 e. The molecule has 0 amide bonds. The van der Waals surface area contributed by atoms with Gasteiger partial charge < -0.3 is 5.73 Å². The fraction of sp³-hybridized carbons (Fsp3) is 0.412. The first-order chi connectivity index (χ1) is 11.1. The molecule has 3 rings (SSSR count). The van der Waals surface area contributed by atoms with Gasteiger partial charge >= 0.3 is 5.69 Å². The number of anilines is 1. The van der Waals surface area contributed by atoms with E-state index in [9.17, 15) is 4.79 Å². The van der Waals surface area contributed by atoms with Crippen LogP contribution >= 0.6 is 15.9 Å². The maximum absolute atomic E-state index is 12.1. The van der Waals surface area contributed by atoms with E-state index in [1.54, 1.807) is 4.57 Å². The smallest absolute Gasteiger partial charge is 0.349 e. The second kappa shape index (κ2) is 7.27. The molecule has 0 bridgehead atoms. The summed E-state index contributed by atoms with van der Waals surface area (Å²) in [5.41, 5.74) is 7.64. The fourth-order valence-corrected chi connectivity index (χ4v) is 3.36. The van der Waals surface area contributed by atoms with Crippen molar-refractivity contribution in [3.8, 4) is 0 Å². The van der Waals surface area contributed by atoms with Gasteiger partial charge in [0.15, 0.2) is 0 Å². The standard InChI is InChI=1S/C17H21BrN4O/c18-15-7-3-2-6-13(15)11-22-12-14(16(19)20-17(22)23)10-21-8-4-1-5-9-21/h2-3,6-7,12H,1,4-5,8-11H2,(H2,19,20,23). The number of nitrogens with two attached hydrogens (primary N) is 1. The zero-order chi connectivity index (χ0) is 16.2. The van der Waals surface area contributed by atoms with Gasteiger partial charge in [0.25, 0.3) is 0 Å². The van der Waals surface area contributed by atoms with Crippen molar-refractivity contribution in [1.82, 2.24) is 14.5 Å². The number of aromatic nitrogens is 2. The highest BCUT2D eigenvalue weighted by molar-refractivity contribution is 9.10. The Morgan fingerprint density at radius 3 is 2.57 bits per heavy atom. The Labute approximate surface area is 144 Å². The highest BCUT2D eigenvalue weighted by Gasteiger charge is 2.14. The minimum absolute atomic E-state index is 0.305. The summed E-state index contributed by atoms with van der Waals surface area (Å²) < 4.78 is 2.62. The molecule has 1 aliphatic heterocycles. The molecule has 1 aliphatic rings. The molecule has 2 heterocycles. The Kier molecular flexibility index (Phi) is 5.13. The van der Waals surface area contributed by atoms with E-state index in [1.807, 2.05) is 30.5 Å².